The molecule has 106 valence electrons. The maximum Gasteiger partial charge on any atom is 0.124 e. The molecular weight excluding hydrogens is 331 g/mol. The van der Waals surface area contributed by atoms with Crippen molar-refractivity contribution in [1.82, 2.24) is 4.98 Å². The van der Waals surface area contributed by atoms with E-state index in [-0.39, 0.29) is 5.82 Å². The average Bonchev–Trinajstić information content (AvgIpc) is 2.46. The number of fused-ring (bicyclic) bond motifs is 1. The molecule has 1 N–H and O–H groups in total. The van der Waals surface area contributed by atoms with Gasteiger partial charge >= 0.3 is 0 Å². The monoisotopic (exact) mass is 344 g/mol. The Balaban J connectivity index is 1.80. The highest BCUT2D eigenvalue weighted by Gasteiger charge is 2.02. The number of nitrogens with zero attached hydrogens (tertiary/aromatic N) is 1. The molecule has 1 heterocycles. The highest BCUT2D eigenvalue weighted by molar-refractivity contribution is 9.10. The third kappa shape index (κ3) is 3.22. The quantitative estimate of drug-likeness (QED) is 0.718. The molecule has 0 aliphatic carbocycles. The largest absolute Gasteiger partial charge is 0.380 e. The lowest BCUT2D eigenvalue weighted by atomic mass is 10.1. The van der Waals surface area contributed by atoms with Crippen molar-refractivity contribution in [3.63, 3.8) is 0 Å². The summed E-state index contributed by atoms with van der Waals surface area (Å²) in [6.45, 7) is 2.66. The smallest absolute Gasteiger partial charge is 0.124 e. The Morgan fingerprint density at radius 1 is 1.10 bits per heavy atom. The summed E-state index contributed by atoms with van der Waals surface area (Å²) >= 11 is 3.36. The molecule has 21 heavy (non-hydrogen) atoms. The molecule has 0 unspecified atom stereocenters. The van der Waals surface area contributed by atoms with E-state index >= 15 is 0 Å². The number of rotatable bonds is 3. The number of hydrogen-bond donors (Lipinski definition) is 1. The van der Waals surface area contributed by atoms with E-state index in [4.69, 9.17) is 0 Å². The Morgan fingerprint density at radius 3 is 2.76 bits per heavy atom. The van der Waals surface area contributed by atoms with E-state index in [0.29, 0.717) is 6.54 Å². The summed E-state index contributed by atoms with van der Waals surface area (Å²) in [7, 11) is 0. The van der Waals surface area contributed by atoms with Gasteiger partial charge in [-0.15, -0.1) is 0 Å². The topological polar surface area (TPSA) is 24.9 Å². The number of nitrogens with one attached hydrogen (secondary N) is 1. The van der Waals surface area contributed by atoms with Crippen LogP contribution in [0.25, 0.3) is 10.9 Å². The number of aromatic nitrogens is 1. The van der Waals surface area contributed by atoms with Crippen LogP contribution in [0.5, 0.6) is 0 Å². The lowest BCUT2D eigenvalue weighted by Gasteiger charge is -2.09. The van der Waals surface area contributed by atoms with E-state index in [0.717, 1.165) is 32.3 Å². The Labute approximate surface area is 131 Å². The van der Waals surface area contributed by atoms with Crippen LogP contribution >= 0.6 is 15.9 Å². The van der Waals surface area contributed by atoms with Crippen molar-refractivity contribution in [1.29, 1.82) is 0 Å². The Hall–Kier alpha value is -1.94. The van der Waals surface area contributed by atoms with Crippen LogP contribution in [0.1, 0.15) is 11.3 Å². The molecule has 0 amide bonds. The summed E-state index contributed by atoms with van der Waals surface area (Å²) in [6.07, 6.45) is 0. The van der Waals surface area contributed by atoms with Gasteiger partial charge in [0.15, 0.2) is 0 Å². The summed E-state index contributed by atoms with van der Waals surface area (Å²) in [5.74, 6) is -0.250. The molecule has 0 radical (unpaired) electrons. The molecule has 3 rings (SSSR count). The van der Waals surface area contributed by atoms with Gasteiger partial charge in [-0.25, -0.2) is 4.39 Å². The number of hydrogen-bond acceptors (Lipinski definition) is 2. The average molecular weight is 345 g/mol. The van der Waals surface area contributed by atoms with Gasteiger partial charge in [0, 0.05) is 27.8 Å². The normalized spacial score (nSPS) is 10.8. The van der Waals surface area contributed by atoms with Crippen LogP contribution in [-0.2, 0) is 6.54 Å². The Bertz CT molecular complexity index is 802. The first-order valence-electron chi connectivity index (χ1n) is 6.67. The van der Waals surface area contributed by atoms with E-state index in [1.54, 1.807) is 6.07 Å². The minimum absolute atomic E-state index is 0.250. The number of aryl methyl sites for hydroxylation is 1. The van der Waals surface area contributed by atoms with Gasteiger partial charge in [0.2, 0.25) is 0 Å². The number of halogens is 2. The van der Waals surface area contributed by atoms with Crippen LogP contribution in [0.3, 0.4) is 0 Å². The summed E-state index contributed by atoms with van der Waals surface area (Å²) in [4.78, 5) is 4.49. The minimum atomic E-state index is -0.250. The van der Waals surface area contributed by atoms with E-state index in [1.165, 1.54) is 12.1 Å². The fourth-order valence-electron chi connectivity index (χ4n) is 2.22. The number of pyridine rings is 1. The van der Waals surface area contributed by atoms with Crippen molar-refractivity contribution in [3.05, 3.63) is 70.1 Å². The second-order valence-electron chi connectivity index (χ2n) is 4.96. The van der Waals surface area contributed by atoms with Gasteiger partial charge in [-0.3, -0.25) is 4.98 Å². The van der Waals surface area contributed by atoms with E-state index < -0.39 is 0 Å². The van der Waals surface area contributed by atoms with Crippen LogP contribution in [0, 0.1) is 12.7 Å². The van der Waals surface area contributed by atoms with Crippen molar-refractivity contribution in [2.45, 2.75) is 13.5 Å². The fourth-order valence-corrected chi connectivity index (χ4v) is 2.71. The van der Waals surface area contributed by atoms with Crippen molar-refractivity contribution in [3.8, 4) is 0 Å². The second-order valence-corrected chi connectivity index (χ2v) is 5.81. The lowest BCUT2D eigenvalue weighted by Crippen LogP contribution is -2.00. The molecule has 0 atom stereocenters. The summed E-state index contributed by atoms with van der Waals surface area (Å²) in [6, 6.07) is 14.9. The molecule has 0 spiro atoms. The van der Waals surface area contributed by atoms with Crippen molar-refractivity contribution in [2.24, 2.45) is 0 Å². The van der Waals surface area contributed by atoms with Gasteiger partial charge in [0.25, 0.3) is 0 Å². The van der Waals surface area contributed by atoms with Crippen LogP contribution in [0.4, 0.5) is 10.1 Å². The first kappa shape index (κ1) is 14.0. The van der Waals surface area contributed by atoms with Crippen LogP contribution in [0.15, 0.2) is 53.0 Å². The lowest BCUT2D eigenvalue weighted by molar-refractivity contribution is 0.627. The van der Waals surface area contributed by atoms with E-state index in [2.05, 4.69) is 44.4 Å². The molecule has 2 nitrogen and oxygen atoms in total. The summed E-state index contributed by atoms with van der Waals surface area (Å²) in [5, 5.41) is 4.42. The van der Waals surface area contributed by atoms with Crippen LogP contribution in [-0.4, -0.2) is 4.98 Å². The molecular formula is C17H14BrFN2. The number of anilines is 1. The second kappa shape index (κ2) is 5.82. The van der Waals surface area contributed by atoms with Gasteiger partial charge in [-0.05, 0) is 64.8 Å². The Morgan fingerprint density at radius 2 is 1.95 bits per heavy atom. The van der Waals surface area contributed by atoms with Crippen molar-refractivity contribution >= 4 is 32.5 Å². The maximum atomic E-state index is 13.1. The zero-order chi connectivity index (χ0) is 14.8. The molecule has 3 aromatic rings. The fraction of sp³-hybridized carbons (Fsp3) is 0.118. The third-order valence-electron chi connectivity index (χ3n) is 3.31. The van der Waals surface area contributed by atoms with E-state index in [9.17, 15) is 4.39 Å². The van der Waals surface area contributed by atoms with Gasteiger partial charge in [0.05, 0.1) is 5.52 Å². The highest BCUT2D eigenvalue weighted by atomic mass is 79.9. The molecule has 0 saturated carbocycles. The predicted octanol–water partition coefficient (Wildman–Crippen LogP) is 5.06. The van der Waals surface area contributed by atoms with Gasteiger partial charge in [0.1, 0.15) is 5.82 Å². The predicted molar refractivity (Wildman–Crippen MR) is 87.9 cm³/mol. The minimum Gasteiger partial charge on any atom is -0.380 e. The first-order chi connectivity index (χ1) is 10.1. The molecule has 1 aromatic heterocycles. The van der Waals surface area contributed by atoms with Crippen molar-refractivity contribution in [2.75, 3.05) is 5.32 Å². The molecule has 0 aliphatic heterocycles. The van der Waals surface area contributed by atoms with Gasteiger partial charge < -0.3 is 5.32 Å². The molecule has 0 saturated heterocycles. The molecule has 2 aromatic carbocycles. The third-order valence-corrected chi connectivity index (χ3v) is 3.96. The summed E-state index contributed by atoms with van der Waals surface area (Å²) in [5.41, 5.74) is 4.05. The van der Waals surface area contributed by atoms with Gasteiger partial charge in [-0.2, -0.15) is 0 Å². The van der Waals surface area contributed by atoms with Gasteiger partial charge in [-0.1, -0.05) is 12.1 Å². The zero-order valence-corrected chi connectivity index (χ0v) is 13.1. The highest BCUT2D eigenvalue weighted by Crippen LogP contribution is 2.24. The Kier molecular flexibility index (Phi) is 3.88. The summed E-state index contributed by atoms with van der Waals surface area (Å²) < 4.78 is 13.8. The number of benzene rings is 2. The SMILES string of the molecule is Cc1ccc2cc(CNc3ccc(F)cc3Br)ccc2n1. The van der Waals surface area contributed by atoms with Crippen LogP contribution in [0.2, 0.25) is 0 Å². The molecule has 4 heteroatoms. The van der Waals surface area contributed by atoms with Crippen molar-refractivity contribution < 1.29 is 4.39 Å². The van der Waals surface area contributed by atoms with E-state index in [1.807, 2.05) is 19.1 Å². The van der Waals surface area contributed by atoms with Crippen LogP contribution < -0.4 is 5.32 Å². The molecule has 0 fully saturated rings. The zero-order valence-electron chi connectivity index (χ0n) is 11.5. The molecule has 0 aliphatic rings. The molecule has 0 bridgehead atoms. The first-order valence-corrected chi connectivity index (χ1v) is 7.46. The maximum absolute atomic E-state index is 13.1. The standard InChI is InChI=1S/C17H14BrFN2/c1-11-2-4-13-8-12(3-6-16(13)21-11)10-20-17-7-5-14(19)9-15(17)18/h2-9,20H,10H2,1H3.